The van der Waals surface area contributed by atoms with E-state index in [4.69, 9.17) is 9.47 Å². The normalized spacial score (nSPS) is 12.4. The molecule has 3 aromatic rings. The van der Waals surface area contributed by atoms with Crippen molar-refractivity contribution >= 4 is 17.4 Å². The van der Waals surface area contributed by atoms with E-state index < -0.39 is 0 Å². The molecule has 0 bridgehead atoms. The summed E-state index contributed by atoms with van der Waals surface area (Å²) < 4.78 is 12.5. The number of carbonyl (C=O) groups is 2. The molecule has 0 saturated heterocycles. The van der Waals surface area contributed by atoms with Crippen LogP contribution in [0.15, 0.2) is 42.5 Å². The lowest BCUT2D eigenvalue weighted by atomic mass is 10.1. The molecule has 1 aliphatic rings. The highest BCUT2D eigenvalue weighted by Crippen LogP contribution is 2.31. The van der Waals surface area contributed by atoms with Crippen LogP contribution in [0.2, 0.25) is 0 Å². The van der Waals surface area contributed by atoms with E-state index in [0.717, 1.165) is 5.69 Å². The van der Waals surface area contributed by atoms with E-state index in [1.807, 2.05) is 6.07 Å². The molecule has 148 valence electrons. The van der Waals surface area contributed by atoms with Crippen molar-refractivity contribution in [3.8, 4) is 17.2 Å². The molecule has 2 aromatic carbocycles. The summed E-state index contributed by atoms with van der Waals surface area (Å²) in [5, 5.41) is 14.2. The largest absolute Gasteiger partial charge is 0.486 e. The highest BCUT2D eigenvalue weighted by molar-refractivity contribution is 6.00. The summed E-state index contributed by atoms with van der Waals surface area (Å²) in [5.41, 5.74) is 1.84. The molecule has 0 unspecified atom stereocenters. The first-order valence-corrected chi connectivity index (χ1v) is 9.18. The van der Waals surface area contributed by atoms with E-state index in [0.29, 0.717) is 41.8 Å². The lowest BCUT2D eigenvalue weighted by Crippen LogP contribution is -2.16. The minimum Gasteiger partial charge on any atom is -0.486 e. The summed E-state index contributed by atoms with van der Waals surface area (Å²) in [7, 11) is 0. The maximum atomic E-state index is 12.4. The summed E-state index contributed by atoms with van der Waals surface area (Å²) in [4.78, 5) is 24.7. The van der Waals surface area contributed by atoms with E-state index in [9.17, 15) is 9.59 Å². The first kappa shape index (κ1) is 18.6. The second kappa shape index (κ2) is 8.09. The van der Waals surface area contributed by atoms with Crippen LogP contribution in [0, 0.1) is 6.92 Å². The number of ether oxygens (including phenoxy) is 2. The first-order chi connectivity index (χ1) is 14.1. The fraction of sp³-hybridized carbons (Fsp3) is 0.250. The number of ketones is 1. The van der Waals surface area contributed by atoms with Gasteiger partial charge in [-0.25, -0.2) is 0 Å². The zero-order chi connectivity index (χ0) is 20.2. The maximum absolute atomic E-state index is 12.4. The van der Waals surface area contributed by atoms with Crippen LogP contribution in [0.1, 0.15) is 29.0 Å². The van der Waals surface area contributed by atoms with Crippen molar-refractivity contribution < 1.29 is 19.1 Å². The van der Waals surface area contributed by atoms with Gasteiger partial charge in [-0.2, -0.15) is 4.68 Å². The van der Waals surface area contributed by atoms with E-state index >= 15 is 0 Å². The van der Waals surface area contributed by atoms with Gasteiger partial charge < -0.3 is 14.8 Å². The Morgan fingerprint density at radius 2 is 1.90 bits per heavy atom. The van der Waals surface area contributed by atoms with E-state index in [1.165, 1.54) is 0 Å². The quantitative estimate of drug-likeness (QED) is 0.640. The van der Waals surface area contributed by atoms with Crippen LogP contribution >= 0.6 is 0 Å². The Bertz CT molecular complexity index is 1060. The Morgan fingerprint density at radius 3 is 2.69 bits per heavy atom. The third-order valence-electron chi connectivity index (χ3n) is 4.44. The first-order valence-electron chi connectivity index (χ1n) is 9.18. The van der Waals surface area contributed by atoms with Gasteiger partial charge in [-0.05, 0) is 53.7 Å². The van der Waals surface area contributed by atoms with Crippen molar-refractivity contribution in [3.05, 3.63) is 53.9 Å². The Labute approximate surface area is 166 Å². The summed E-state index contributed by atoms with van der Waals surface area (Å²) in [6.45, 7) is 2.74. The van der Waals surface area contributed by atoms with Crippen molar-refractivity contribution in [3.63, 3.8) is 0 Å². The number of anilines is 1. The number of nitrogens with zero attached hydrogens (tertiary/aromatic N) is 4. The molecular weight excluding hydrogens is 374 g/mol. The molecule has 0 radical (unpaired) electrons. The maximum Gasteiger partial charge on any atom is 0.224 e. The zero-order valence-electron chi connectivity index (χ0n) is 15.8. The highest BCUT2D eigenvalue weighted by atomic mass is 16.6. The lowest BCUT2D eigenvalue weighted by molar-refractivity contribution is -0.116. The van der Waals surface area contributed by atoms with Crippen molar-refractivity contribution in [2.75, 3.05) is 18.5 Å². The van der Waals surface area contributed by atoms with Gasteiger partial charge in [-0.3, -0.25) is 9.59 Å². The second-order valence-electron chi connectivity index (χ2n) is 6.52. The number of rotatable bonds is 6. The molecule has 9 nitrogen and oxygen atoms in total. The standard InChI is InChI=1S/C20H19N5O4/c1-13-22-23-24-25(13)16-4-2-3-15(12-16)21-20(27)8-6-17(26)14-5-7-18-19(11-14)29-10-9-28-18/h2-5,7,11-12H,6,8-10H2,1H3,(H,21,27). The number of aromatic nitrogens is 4. The van der Waals surface area contributed by atoms with E-state index in [-0.39, 0.29) is 24.5 Å². The Morgan fingerprint density at radius 1 is 1.07 bits per heavy atom. The molecule has 0 saturated carbocycles. The molecule has 0 aliphatic carbocycles. The fourth-order valence-corrected chi connectivity index (χ4v) is 3.00. The molecular formula is C20H19N5O4. The van der Waals surface area contributed by atoms with E-state index in [2.05, 4.69) is 20.8 Å². The molecule has 1 amide bonds. The monoisotopic (exact) mass is 393 g/mol. The van der Waals surface area contributed by atoms with Crippen LogP contribution in [-0.4, -0.2) is 45.1 Å². The molecule has 9 heteroatoms. The number of aryl methyl sites for hydroxylation is 1. The SMILES string of the molecule is Cc1nnnn1-c1cccc(NC(=O)CCC(=O)c2ccc3c(c2)OCCO3)c1. The molecule has 0 atom stereocenters. The number of hydrogen-bond donors (Lipinski definition) is 1. The van der Waals surface area contributed by atoms with Crippen LogP contribution in [0.5, 0.6) is 11.5 Å². The predicted octanol–water partition coefficient (Wildman–Crippen LogP) is 2.34. The summed E-state index contributed by atoms with van der Waals surface area (Å²) >= 11 is 0. The Kier molecular flexibility index (Phi) is 5.19. The molecule has 0 fully saturated rings. The number of Topliss-reactive ketones (excluding diaryl/α,β-unsaturated/α-hetero) is 1. The van der Waals surface area contributed by atoms with Crippen molar-refractivity contribution in [2.45, 2.75) is 19.8 Å². The van der Waals surface area contributed by atoms with Crippen molar-refractivity contribution in [1.82, 2.24) is 20.2 Å². The molecule has 1 N–H and O–H groups in total. The van der Waals surface area contributed by atoms with Crippen LogP contribution in [0.4, 0.5) is 5.69 Å². The van der Waals surface area contributed by atoms with Crippen LogP contribution in [0.25, 0.3) is 5.69 Å². The molecule has 1 aliphatic heterocycles. The number of benzene rings is 2. The zero-order valence-corrected chi connectivity index (χ0v) is 15.8. The Hall–Kier alpha value is -3.75. The van der Waals surface area contributed by atoms with Gasteiger partial charge in [0.05, 0.1) is 5.69 Å². The smallest absolute Gasteiger partial charge is 0.224 e. The molecule has 1 aromatic heterocycles. The number of fused-ring (bicyclic) bond motifs is 1. The molecule has 2 heterocycles. The van der Waals surface area contributed by atoms with Crippen LogP contribution in [-0.2, 0) is 4.79 Å². The van der Waals surface area contributed by atoms with Gasteiger partial charge >= 0.3 is 0 Å². The number of carbonyl (C=O) groups excluding carboxylic acids is 2. The molecule has 4 rings (SSSR count). The van der Waals surface area contributed by atoms with Gasteiger partial charge in [0.1, 0.15) is 13.2 Å². The molecule has 0 spiro atoms. The van der Waals surface area contributed by atoms with Gasteiger partial charge in [0.25, 0.3) is 0 Å². The van der Waals surface area contributed by atoms with Crippen molar-refractivity contribution in [1.29, 1.82) is 0 Å². The predicted molar refractivity (Wildman–Crippen MR) is 104 cm³/mol. The second-order valence-corrected chi connectivity index (χ2v) is 6.52. The van der Waals surface area contributed by atoms with Gasteiger partial charge in [-0.1, -0.05) is 6.07 Å². The van der Waals surface area contributed by atoms with Gasteiger partial charge in [-0.15, -0.1) is 5.10 Å². The summed E-state index contributed by atoms with van der Waals surface area (Å²) in [6.07, 6.45) is 0.165. The highest BCUT2D eigenvalue weighted by Gasteiger charge is 2.16. The number of hydrogen-bond acceptors (Lipinski definition) is 7. The minimum absolute atomic E-state index is 0.0708. The average molecular weight is 393 g/mol. The topological polar surface area (TPSA) is 108 Å². The third-order valence-corrected chi connectivity index (χ3v) is 4.44. The average Bonchev–Trinajstić information content (AvgIpc) is 3.17. The van der Waals surface area contributed by atoms with Crippen LogP contribution in [0.3, 0.4) is 0 Å². The Balaban J connectivity index is 1.36. The van der Waals surface area contributed by atoms with Crippen LogP contribution < -0.4 is 14.8 Å². The lowest BCUT2D eigenvalue weighted by Gasteiger charge is -2.18. The van der Waals surface area contributed by atoms with Gasteiger partial charge in [0.2, 0.25) is 5.91 Å². The summed E-state index contributed by atoms with van der Waals surface area (Å²) in [6, 6.07) is 12.2. The third kappa shape index (κ3) is 4.23. The number of tetrazole rings is 1. The molecule has 29 heavy (non-hydrogen) atoms. The van der Waals surface area contributed by atoms with Gasteiger partial charge in [0, 0.05) is 24.1 Å². The van der Waals surface area contributed by atoms with E-state index in [1.54, 1.807) is 48.0 Å². The minimum atomic E-state index is -0.249. The van der Waals surface area contributed by atoms with Gasteiger partial charge in [0.15, 0.2) is 23.1 Å². The fourth-order valence-electron chi connectivity index (χ4n) is 3.00. The number of nitrogens with one attached hydrogen (secondary N) is 1. The number of amides is 1. The summed E-state index contributed by atoms with van der Waals surface area (Å²) in [5.74, 6) is 1.44. The van der Waals surface area contributed by atoms with Crippen molar-refractivity contribution in [2.24, 2.45) is 0 Å².